The van der Waals surface area contributed by atoms with Crippen LogP contribution >= 0.6 is 11.8 Å². The molecule has 1 aromatic carbocycles. The van der Waals surface area contributed by atoms with E-state index in [1.807, 2.05) is 26.8 Å². The highest BCUT2D eigenvalue weighted by atomic mass is 32.2. The van der Waals surface area contributed by atoms with Gasteiger partial charge in [0.25, 0.3) is 0 Å². The van der Waals surface area contributed by atoms with Crippen molar-refractivity contribution in [1.82, 2.24) is 10.5 Å². The highest BCUT2D eigenvalue weighted by Crippen LogP contribution is 2.20. The van der Waals surface area contributed by atoms with E-state index in [2.05, 4.69) is 10.5 Å². The summed E-state index contributed by atoms with van der Waals surface area (Å²) in [6, 6.07) is 7.83. The van der Waals surface area contributed by atoms with Crippen molar-refractivity contribution in [3.63, 3.8) is 0 Å². The van der Waals surface area contributed by atoms with Gasteiger partial charge in [-0.3, -0.25) is 4.79 Å². The topological polar surface area (TPSA) is 55.1 Å². The third kappa shape index (κ3) is 4.59. The van der Waals surface area contributed by atoms with Gasteiger partial charge in [-0.05, 0) is 38.5 Å². The summed E-state index contributed by atoms with van der Waals surface area (Å²) in [6.45, 7) is 5.58. The average molecular weight is 322 g/mol. The van der Waals surface area contributed by atoms with Gasteiger partial charge in [0, 0.05) is 6.07 Å². The van der Waals surface area contributed by atoms with Crippen LogP contribution in [0, 0.1) is 12.7 Å². The van der Waals surface area contributed by atoms with Gasteiger partial charge in [-0.1, -0.05) is 17.3 Å². The molecular formula is C16H19FN2O2S. The van der Waals surface area contributed by atoms with Crippen LogP contribution in [0.3, 0.4) is 0 Å². The Morgan fingerprint density at radius 1 is 1.36 bits per heavy atom. The summed E-state index contributed by atoms with van der Waals surface area (Å²) >= 11 is 1.48. The van der Waals surface area contributed by atoms with Gasteiger partial charge in [0.15, 0.2) is 0 Å². The number of rotatable bonds is 6. The summed E-state index contributed by atoms with van der Waals surface area (Å²) in [5, 5.41) is 6.53. The highest BCUT2D eigenvalue weighted by molar-refractivity contribution is 7.99. The number of nitrogens with one attached hydrogen (secondary N) is 1. The Labute approximate surface area is 133 Å². The lowest BCUT2D eigenvalue weighted by atomic mass is 10.1. The van der Waals surface area contributed by atoms with Crippen LogP contribution in [0.2, 0.25) is 0 Å². The fourth-order valence-electron chi connectivity index (χ4n) is 1.93. The number of benzene rings is 1. The zero-order valence-corrected chi connectivity index (χ0v) is 13.6. The fraction of sp³-hybridized carbons (Fsp3) is 0.375. The summed E-state index contributed by atoms with van der Waals surface area (Å²) in [7, 11) is 0. The molecule has 2 rings (SSSR count). The molecule has 0 radical (unpaired) electrons. The van der Waals surface area contributed by atoms with E-state index in [0.717, 1.165) is 17.0 Å². The lowest BCUT2D eigenvalue weighted by Gasteiger charge is -2.17. The molecule has 0 aliphatic carbocycles. The van der Waals surface area contributed by atoms with Gasteiger partial charge in [0.2, 0.25) is 5.91 Å². The Hall–Kier alpha value is -1.82. The Bertz CT molecular complexity index is 627. The number of halogens is 1. The number of amides is 1. The first-order valence-electron chi connectivity index (χ1n) is 7.05. The first-order chi connectivity index (χ1) is 10.5. The first-order valence-corrected chi connectivity index (χ1v) is 8.10. The van der Waals surface area contributed by atoms with Gasteiger partial charge in [-0.15, -0.1) is 11.8 Å². The van der Waals surface area contributed by atoms with Gasteiger partial charge >= 0.3 is 0 Å². The molecular weight excluding hydrogens is 303 g/mol. The van der Waals surface area contributed by atoms with E-state index in [0.29, 0.717) is 5.75 Å². The molecule has 6 heteroatoms. The van der Waals surface area contributed by atoms with Crippen molar-refractivity contribution < 1.29 is 13.7 Å². The Kier molecular flexibility index (Phi) is 5.60. The van der Waals surface area contributed by atoms with Crippen LogP contribution in [0.1, 0.15) is 36.9 Å². The minimum absolute atomic E-state index is 0.0573. The van der Waals surface area contributed by atoms with Crippen molar-refractivity contribution in [2.75, 3.05) is 0 Å². The fourth-order valence-corrected chi connectivity index (χ4v) is 2.70. The van der Waals surface area contributed by atoms with E-state index in [1.54, 1.807) is 12.1 Å². The second kappa shape index (κ2) is 7.45. The smallest absolute Gasteiger partial charge is 0.233 e. The SMILES string of the molecule is Cc1cc(CS[C@@H](C)C(=O)N[C@@H](C)c2ccc(F)cc2)on1. The second-order valence-corrected chi connectivity index (χ2v) is 6.50. The third-order valence-corrected chi connectivity index (χ3v) is 4.42. The molecule has 1 amide bonds. The van der Waals surface area contributed by atoms with Crippen molar-refractivity contribution in [2.24, 2.45) is 0 Å². The van der Waals surface area contributed by atoms with Gasteiger partial charge < -0.3 is 9.84 Å². The minimum atomic E-state index is -0.284. The molecule has 1 heterocycles. The molecule has 1 aromatic heterocycles. The summed E-state index contributed by atoms with van der Waals surface area (Å²) in [6.07, 6.45) is 0. The molecule has 2 aromatic rings. The summed E-state index contributed by atoms with van der Waals surface area (Å²) in [5.41, 5.74) is 1.70. The molecule has 22 heavy (non-hydrogen) atoms. The zero-order valence-electron chi connectivity index (χ0n) is 12.8. The Morgan fingerprint density at radius 3 is 2.64 bits per heavy atom. The number of aromatic nitrogens is 1. The minimum Gasteiger partial charge on any atom is -0.360 e. The number of carbonyl (C=O) groups is 1. The molecule has 1 N–H and O–H groups in total. The van der Waals surface area contributed by atoms with E-state index < -0.39 is 0 Å². The maximum atomic E-state index is 12.9. The normalized spacial score (nSPS) is 13.6. The van der Waals surface area contributed by atoms with Crippen molar-refractivity contribution >= 4 is 17.7 Å². The van der Waals surface area contributed by atoms with Crippen molar-refractivity contribution in [1.29, 1.82) is 0 Å². The molecule has 0 saturated carbocycles. The molecule has 4 nitrogen and oxygen atoms in total. The second-order valence-electron chi connectivity index (χ2n) is 5.17. The molecule has 0 saturated heterocycles. The van der Waals surface area contributed by atoms with Crippen molar-refractivity contribution in [3.8, 4) is 0 Å². The molecule has 2 atom stereocenters. The van der Waals surface area contributed by atoms with Gasteiger partial charge in [0.05, 0.1) is 22.7 Å². The summed E-state index contributed by atoms with van der Waals surface area (Å²) in [5.74, 6) is 1.01. The third-order valence-electron chi connectivity index (χ3n) is 3.25. The predicted molar refractivity (Wildman–Crippen MR) is 85.0 cm³/mol. The van der Waals surface area contributed by atoms with Gasteiger partial charge in [-0.2, -0.15) is 0 Å². The van der Waals surface area contributed by atoms with Crippen molar-refractivity contribution in [3.05, 3.63) is 53.2 Å². The number of thioether (sulfide) groups is 1. The van der Waals surface area contributed by atoms with Crippen LogP contribution in [0.15, 0.2) is 34.9 Å². The number of hydrogen-bond donors (Lipinski definition) is 1. The number of aryl methyl sites for hydroxylation is 1. The van der Waals surface area contributed by atoms with Crippen LogP contribution in [-0.4, -0.2) is 16.3 Å². The summed E-state index contributed by atoms with van der Waals surface area (Å²) < 4.78 is 18.0. The van der Waals surface area contributed by atoms with E-state index in [1.165, 1.54) is 23.9 Å². The lowest BCUT2D eigenvalue weighted by molar-refractivity contribution is -0.120. The maximum absolute atomic E-state index is 12.9. The standard InChI is InChI=1S/C16H19FN2O2S/c1-10-8-15(21-19-10)9-22-12(3)16(20)18-11(2)13-4-6-14(17)7-5-13/h4-8,11-12H,9H2,1-3H3,(H,18,20)/t11-,12-/m0/s1. The maximum Gasteiger partial charge on any atom is 0.233 e. The van der Waals surface area contributed by atoms with E-state index >= 15 is 0 Å². The van der Waals surface area contributed by atoms with Crippen LogP contribution in [0.4, 0.5) is 4.39 Å². The van der Waals surface area contributed by atoms with E-state index in [-0.39, 0.29) is 23.0 Å². The molecule has 0 spiro atoms. The first kappa shape index (κ1) is 16.5. The quantitative estimate of drug-likeness (QED) is 0.882. The number of carbonyl (C=O) groups excluding carboxylic acids is 1. The molecule has 0 bridgehead atoms. The Morgan fingerprint density at radius 2 is 2.05 bits per heavy atom. The van der Waals surface area contributed by atoms with Gasteiger partial charge in [0.1, 0.15) is 11.6 Å². The monoisotopic (exact) mass is 322 g/mol. The van der Waals surface area contributed by atoms with E-state index in [9.17, 15) is 9.18 Å². The van der Waals surface area contributed by atoms with Crippen LogP contribution < -0.4 is 5.32 Å². The van der Waals surface area contributed by atoms with Crippen LogP contribution in [-0.2, 0) is 10.5 Å². The van der Waals surface area contributed by atoms with Crippen LogP contribution in [0.5, 0.6) is 0 Å². The van der Waals surface area contributed by atoms with Crippen LogP contribution in [0.25, 0.3) is 0 Å². The average Bonchev–Trinajstić information content (AvgIpc) is 2.91. The van der Waals surface area contributed by atoms with Crippen molar-refractivity contribution in [2.45, 2.75) is 37.8 Å². The molecule has 118 valence electrons. The molecule has 0 fully saturated rings. The lowest BCUT2D eigenvalue weighted by Crippen LogP contribution is -2.33. The molecule has 0 aliphatic rings. The van der Waals surface area contributed by atoms with E-state index in [4.69, 9.17) is 4.52 Å². The number of hydrogen-bond acceptors (Lipinski definition) is 4. The zero-order chi connectivity index (χ0) is 16.1. The largest absolute Gasteiger partial charge is 0.360 e. The summed E-state index contributed by atoms with van der Waals surface area (Å²) in [4.78, 5) is 12.2. The molecule has 0 aliphatic heterocycles. The highest BCUT2D eigenvalue weighted by Gasteiger charge is 2.17. The molecule has 0 unspecified atom stereocenters. The number of nitrogens with zero attached hydrogens (tertiary/aromatic N) is 1. The van der Waals surface area contributed by atoms with Gasteiger partial charge in [-0.25, -0.2) is 4.39 Å². The Balaban J connectivity index is 1.83. The predicted octanol–water partition coefficient (Wildman–Crippen LogP) is 3.62.